The number of likely N-dealkylation sites (tertiary alicyclic amines) is 1. The van der Waals surface area contributed by atoms with Crippen LogP contribution in [0.3, 0.4) is 0 Å². The lowest BCUT2D eigenvalue weighted by Gasteiger charge is -2.31. The van der Waals surface area contributed by atoms with Crippen molar-refractivity contribution in [2.45, 2.75) is 26.4 Å². The summed E-state index contributed by atoms with van der Waals surface area (Å²) in [6, 6.07) is 19.6. The van der Waals surface area contributed by atoms with Crippen molar-refractivity contribution in [3.05, 3.63) is 83.6 Å². The summed E-state index contributed by atoms with van der Waals surface area (Å²) in [6.45, 7) is 8.41. The molecule has 0 radical (unpaired) electrons. The lowest BCUT2D eigenvalue weighted by Crippen LogP contribution is -2.25. The van der Waals surface area contributed by atoms with Crippen LogP contribution in [0.15, 0.2) is 66.9 Å². The van der Waals surface area contributed by atoms with Crippen molar-refractivity contribution in [2.75, 3.05) is 26.2 Å². The van der Waals surface area contributed by atoms with Gasteiger partial charge in [0.1, 0.15) is 30.0 Å². The number of aromatic hydroxyl groups is 1. The minimum atomic E-state index is -0.316. The molecule has 36 heavy (non-hydrogen) atoms. The highest BCUT2D eigenvalue weighted by Crippen LogP contribution is 2.48. The molecule has 2 aliphatic rings. The Bertz CT molecular complexity index is 1420. The van der Waals surface area contributed by atoms with Gasteiger partial charge >= 0.3 is 0 Å². The number of phenolic OH excluding ortho intramolecular Hbond substituents is 1. The van der Waals surface area contributed by atoms with Gasteiger partial charge in [-0.25, -0.2) is 0 Å². The minimum Gasteiger partial charge on any atom is -0.508 e. The molecule has 0 aliphatic carbocycles. The highest BCUT2D eigenvalue weighted by atomic mass is 16.5. The molecular weight excluding hydrogens is 450 g/mol. The molecule has 2 aliphatic heterocycles. The lowest BCUT2D eigenvalue weighted by atomic mass is 9.85. The summed E-state index contributed by atoms with van der Waals surface area (Å²) >= 11 is 0. The van der Waals surface area contributed by atoms with Crippen molar-refractivity contribution in [1.29, 1.82) is 0 Å². The molecule has 0 bridgehead atoms. The average molecular weight is 482 g/mol. The van der Waals surface area contributed by atoms with E-state index in [0.717, 1.165) is 69.2 Å². The van der Waals surface area contributed by atoms with E-state index >= 15 is 0 Å². The van der Waals surface area contributed by atoms with Crippen LogP contribution in [-0.2, 0) is 0 Å². The maximum Gasteiger partial charge on any atom is 0.150 e. The van der Waals surface area contributed by atoms with Crippen LogP contribution in [0.4, 0.5) is 0 Å². The van der Waals surface area contributed by atoms with Crippen molar-refractivity contribution in [3.63, 3.8) is 0 Å². The molecule has 1 unspecified atom stereocenters. The number of hydrogen-bond donors (Lipinski definition) is 2. The summed E-state index contributed by atoms with van der Waals surface area (Å²) in [7, 11) is 0. The van der Waals surface area contributed by atoms with E-state index in [1.807, 2.05) is 42.6 Å². The first-order valence-corrected chi connectivity index (χ1v) is 12.7. The Labute approximate surface area is 211 Å². The fraction of sp³-hybridized carbons (Fsp3) is 0.300. The molecule has 1 aromatic heterocycles. The number of nitrogens with one attached hydrogen (secondary N) is 1. The second kappa shape index (κ2) is 9.36. The SMILES string of the molecule is CC1=C(c2cccc(O)c2)C(c2ccc(OCCN3CC[C@@H](C)C3)cc2)Oc2ccc3[nH]ncc3c21. The number of aromatic nitrogens is 2. The number of H-pyrrole nitrogens is 1. The van der Waals surface area contributed by atoms with Gasteiger partial charge in [0.05, 0.1) is 11.7 Å². The van der Waals surface area contributed by atoms with Crippen molar-refractivity contribution >= 4 is 22.0 Å². The number of ether oxygens (including phenoxy) is 2. The van der Waals surface area contributed by atoms with Crippen molar-refractivity contribution in [3.8, 4) is 17.2 Å². The normalized spacial score (nSPS) is 19.9. The van der Waals surface area contributed by atoms with Gasteiger partial charge in [-0.05, 0) is 78.9 Å². The van der Waals surface area contributed by atoms with Gasteiger partial charge in [0, 0.05) is 29.6 Å². The van der Waals surface area contributed by atoms with Crippen LogP contribution in [-0.4, -0.2) is 46.4 Å². The number of phenols is 1. The van der Waals surface area contributed by atoms with Gasteiger partial charge in [0.15, 0.2) is 0 Å². The average Bonchev–Trinajstić information content (AvgIpc) is 3.53. The van der Waals surface area contributed by atoms with Gasteiger partial charge in [-0.2, -0.15) is 5.10 Å². The fourth-order valence-electron chi connectivity index (χ4n) is 5.54. The summed E-state index contributed by atoms with van der Waals surface area (Å²) in [4.78, 5) is 2.47. The van der Waals surface area contributed by atoms with E-state index in [2.05, 4.69) is 41.1 Å². The highest BCUT2D eigenvalue weighted by molar-refractivity contribution is 6.04. The van der Waals surface area contributed by atoms with Gasteiger partial charge in [-0.1, -0.05) is 31.2 Å². The maximum absolute atomic E-state index is 10.2. The van der Waals surface area contributed by atoms with Crippen LogP contribution < -0.4 is 9.47 Å². The molecule has 6 nitrogen and oxygen atoms in total. The fourth-order valence-corrected chi connectivity index (χ4v) is 5.54. The zero-order chi connectivity index (χ0) is 24.6. The van der Waals surface area contributed by atoms with E-state index in [1.165, 1.54) is 13.0 Å². The van der Waals surface area contributed by atoms with Gasteiger partial charge in [0.25, 0.3) is 0 Å². The number of rotatable bonds is 6. The van der Waals surface area contributed by atoms with Gasteiger partial charge in [0.2, 0.25) is 0 Å². The largest absolute Gasteiger partial charge is 0.508 e. The van der Waals surface area contributed by atoms with Crippen LogP contribution in [0, 0.1) is 5.92 Å². The molecule has 0 amide bonds. The van der Waals surface area contributed by atoms with Crippen molar-refractivity contribution < 1.29 is 14.6 Å². The summed E-state index contributed by atoms with van der Waals surface area (Å²) < 4.78 is 12.7. The van der Waals surface area contributed by atoms with E-state index in [9.17, 15) is 5.11 Å². The second-order valence-electron chi connectivity index (χ2n) is 9.97. The number of nitrogens with zero attached hydrogens (tertiary/aromatic N) is 2. The minimum absolute atomic E-state index is 0.231. The molecule has 6 rings (SSSR count). The number of benzene rings is 3. The van der Waals surface area contributed by atoms with Gasteiger partial charge in [-0.15, -0.1) is 0 Å². The third kappa shape index (κ3) is 4.22. The Hall–Kier alpha value is -3.77. The van der Waals surface area contributed by atoms with E-state index in [4.69, 9.17) is 9.47 Å². The Balaban J connectivity index is 1.31. The molecule has 4 aromatic rings. The standard InChI is InChI=1S/C30H31N3O3/c1-19-12-13-33(18-19)14-15-35-24-8-6-21(7-9-24)30-28(22-4-3-5-23(34)16-22)20(2)29-25-17-31-32-26(25)10-11-27(29)36-30/h3-11,16-17,19,30,34H,12-15,18H2,1-2H3,(H,31,32)/t19-,30?/m1/s1. The third-order valence-electron chi connectivity index (χ3n) is 7.40. The van der Waals surface area contributed by atoms with Gasteiger partial charge < -0.3 is 14.6 Å². The maximum atomic E-state index is 10.2. The molecule has 6 heteroatoms. The number of fused-ring (bicyclic) bond motifs is 3. The number of hydrogen-bond acceptors (Lipinski definition) is 5. The molecular formula is C30H31N3O3. The summed E-state index contributed by atoms with van der Waals surface area (Å²) in [5, 5.41) is 18.5. The molecule has 0 saturated carbocycles. The topological polar surface area (TPSA) is 70.6 Å². The Morgan fingerprint density at radius 1 is 1.14 bits per heavy atom. The Morgan fingerprint density at radius 2 is 2.00 bits per heavy atom. The van der Waals surface area contributed by atoms with Crippen LogP contribution in [0.1, 0.15) is 43.1 Å². The summed E-state index contributed by atoms with van der Waals surface area (Å²) in [6.07, 6.45) is 2.81. The zero-order valence-electron chi connectivity index (χ0n) is 20.7. The van der Waals surface area contributed by atoms with E-state index in [0.29, 0.717) is 6.61 Å². The molecule has 3 heterocycles. The molecule has 1 saturated heterocycles. The first kappa shape index (κ1) is 22.7. The number of allylic oxidation sites excluding steroid dienone is 1. The predicted molar refractivity (Wildman–Crippen MR) is 142 cm³/mol. The summed E-state index contributed by atoms with van der Waals surface area (Å²) in [5.74, 6) is 2.71. The molecule has 0 spiro atoms. The molecule has 3 aromatic carbocycles. The first-order valence-electron chi connectivity index (χ1n) is 12.7. The molecule has 1 fully saturated rings. The van der Waals surface area contributed by atoms with Crippen molar-refractivity contribution in [1.82, 2.24) is 15.1 Å². The van der Waals surface area contributed by atoms with E-state index in [1.54, 1.807) is 12.1 Å². The van der Waals surface area contributed by atoms with Crippen molar-refractivity contribution in [2.24, 2.45) is 5.92 Å². The Morgan fingerprint density at radius 3 is 2.78 bits per heavy atom. The number of aromatic amines is 1. The van der Waals surface area contributed by atoms with Gasteiger partial charge in [-0.3, -0.25) is 10.00 Å². The molecule has 2 N–H and O–H groups in total. The van der Waals surface area contributed by atoms with Crippen LogP contribution >= 0.6 is 0 Å². The lowest BCUT2D eigenvalue weighted by molar-refractivity contribution is 0.233. The van der Waals surface area contributed by atoms with E-state index < -0.39 is 0 Å². The summed E-state index contributed by atoms with van der Waals surface area (Å²) in [5.41, 5.74) is 6.11. The zero-order valence-corrected chi connectivity index (χ0v) is 20.7. The molecule has 184 valence electrons. The Kier molecular flexibility index (Phi) is 5.89. The third-order valence-corrected chi connectivity index (χ3v) is 7.40. The monoisotopic (exact) mass is 481 g/mol. The highest BCUT2D eigenvalue weighted by Gasteiger charge is 2.31. The van der Waals surface area contributed by atoms with E-state index in [-0.39, 0.29) is 11.9 Å². The molecule has 2 atom stereocenters. The predicted octanol–water partition coefficient (Wildman–Crippen LogP) is 6.05. The van der Waals surface area contributed by atoms with Crippen LogP contribution in [0.5, 0.6) is 17.2 Å². The first-order chi connectivity index (χ1) is 17.6. The quantitative estimate of drug-likeness (QED) is 0.351. The smallest absolute Gasteiger partial charge is 0.150 e. The van der Waals surface area contributed by atoms with Crippen LogP contribution in [0.25, 0.3) is 22.0 Å². The van der Waals surface area contributed by atoms with Crippen LogP contribution in [0.2, 0.25) is 0 Å². The second-order valence-corrected chi connectivity index (χ2v) is 9.97.